The van der Waals surface area contributed by atoms with Gasteiger partial charge in [0.25, 0.3) is 0 Å². The van der Waals surface area contributed by atoms with Gasteiger partial charge < -0.3 is 15.0 Å². The zero-order chi connectivity index (χ0) is 17.8. The van der Waals surface area contributed by atoms with Crippen molar-refractivity contribution in [2.45, 2.75) is 13.3 Å². The average molecular weight is 357 g/mol. The molecule has 1 heterocycles. The van der Waals surface area contributed by atoms with E-state index in [4.69, 9.17) is 16.3 Å². The Hall–Kier alpha value is -2.79. The molecule has 5 nitrogen and oxygen atoms in total. The number of H-pyrrole nitrogens is 1. The molecule has 2 N–H and O–H groups in total. The quantitative estimate of drug-likeness (QED) is 0.674. The standard InChI is InChI=1S/C19H17ClN2O3/c1-2-25-19(24)15-5-3-4-6-16(15)22-18(23)9-12-11-21-17-10-13(20)7-8-14(12)17/h3-8,10-11,21H,2,9H2,1H3,(H,22,23). The van der Waals surface area contributed by atoms with Crippen LogP contribution in [0.5, 0.6) is 0 Å². The number of anilines is 1. The summed E-state index contributed by atoms with van der Waals surface area (Å²) >= 11 is 5.97. The number of benzene rings is 2. The molecular formula is C19H17ClN2O3. The molecule has 0 unspecified atom stereocenters. The highest BCUT2D eigenvalue weighted by Gasteiger charge is 2.15. The molecule has 1 amide bonds. The molecular weight excluding hydrogens is 340 g/mol. The van der Waals surface area contributed by atoms with Gasteiger partial charge in [-0.15, -0.1) is 0 Å². The van der Waals surface area contributed by atoms with Gasteiger partial charge in [-0.1, -0.05) is 29.8 Å². The van der Waals surface area contributed by atoms with Crippen molar-refractivity contribution < 1.29 is 14.3 Å². The first kappa shape index (κ1) is 17.0. The highest BCUT2D eigenvalue weighted by atomic mass is 35.5. The Kier molecular flexibility index (Phi) is 5.05. The third kappa shape index (κ3) is 3.83. The van der Waals surface area contributed by atoms with Gasteiger partial charge in [0.05, 0.1) is 24.3 Å². The van der Waals surface area contributed by atoms with E-state index in [2.05, 4.69) is 10.3 Å². The highest BCUT2D eigenvalue weighted by Crippen LogP contribution is 2.23. The summed E-state index contributed by atoms with van der Waals surface area (Å²) in [7, 11) is 0. The van der Waals surface area contributed by atoms with Crippen molar-refractivity contribution in [1.82, 2.24) is 4.98 Å². The van der Waals surface area contributed by atoms with Crippen molar-refractivity contribution >= 4 is 40.1 Å². The molecule has 0 aliphatic carbocycles. The van der Waals surface area contributed by atoms with E-state index in [0.29, 0.717) is 16.3 Å². The van der Waals surface area contributed by atoms with Crippen molar-refractivity contribution in [3.63, 3.8) is 0 Å². The zero-order valence-electron chi connectivity index (χ0n) is 13.6. The number of para-hydroxylation sites is 1. The summed E-state index contributed by atoms with van der Waals surface area (Å²) in [6, 6.07) is 12.3. The maximum Gasteiger partial charge on any atom is 0.340 e. The number of esters is 1. The van der Waals surface area contributed by atoms with E-state index in [1.807, 2.05) is 12.1 Å². The fourth-order valence-corrected chi connectivity index (χ4v) is 2.82. The van der Waals surface area contributed by atoms with E-state index >= 15 is 0 Å². The number of amides is 1. The van der Waals surface area contributed by atoms with Crippen LogP contribution in [0.2, 0.25) is 5.02 Å². The van der Waals surface area contributed by atoms with Crippen LogP contribution in [0.4, 0.5) is 5.69 Å². The summed E-state index contributed by atoms with van der Waals surface area (Å²) < 4.78 is 5.02. The predicted molar refractivity (Wildman–Crippen MR) is 98.0 cm³/mol. The third-order valence-electron chi connectivity index (χ3n) is 3.78. The molecule has 25 heavy (non-hydrogen) atoms. The second-order valence-electron chi connectivity index (χ2n) is 5.49. The van der Waals surface area contributed by atoms with Crippen molar-refractivity contribution in [3.8, 4) is 0 Å². The number of nitrogens with one attached hydrogen (secondary N) is 2. The number of carbonyl (C=O) groups excluding carboxylic acids is 2. The lowest BCUT2D eigenvalue weighted by Crippen LogP contribution is -2.17. The maximum absolute atomic E-state index is 12.4. The second-order valence-corrected chi connectivity index (χ2v) is 5.93. The van der Waals surface area contributed by atoms with Crippen molar-refractivity contribution in [2.75, 3.05) is 11.9 Å². The molecule has 0 bridgehead atoms. The molecule has 0 aliphatic heterocycles. The Morgan fingerprint density at radius 2 is 2.00 bits per heavy atom. The predicted octanol–water partition coefficient (Wildman–Crippen LogP) is 4.18. The van der Waals surface area contributed by atoms with Crippen LogP contribution in [0.3, 0.4) is 0 Å². The van der Waals surface area contributed by atoms with Crippen molar-refractivity contribution in [2.24, 2.45) is 0 Å². The lowest BCUT2D eigenvalue weighted by molar-refractivity contribution is -0.115. The largest absolute Gasteiger partial charge is 0.462 e. The van der Waals surface area contributed by atoms with E-state index in [0.717, 1.165) is 16.5 Å². The average Bonchev–Trinajstić information content (AvgIpc) is 2.97. The van der Waals surface area contributed by atoms with Crippen molar-refractivity contribution in [1.29, 1.82) is 0 Å². The van der Waals surface area contributed by atoms with Crippen LogP contribution >= 0.6 is 11.6 Å². The Labute approximate surface area is 149 Å². The molecule has 2 aromatic carbocycles. The summed E-state index contributed by atoms with van der Waals surface area (Å²) in [5.74, 6) is -0.673. The van der Waals surface area contributed by atoms with E-state index < -0.39 is 5.97 Å². The van der Waals surface area contributed by atoms with E-state index in [-0.39, 0.29) is 18.9 Å². The molecule has 0 saturated heterocycles. The Morgan fingerprint density at radius 3 is 2.80 bits per heavy atom. The molecule has 3 rings (SSSR count). The fourth-order valence-electron chi connectivity index (χ4n) is 2.65. The summed E-state index contributed by atoms with van der Waals surface area (Å²) in [4.78, 5) is 27.5. The van der Waals surface area contributed by atoms with Gasteiger partial charge in [0.1, 0.15) is 0 Å². The van der Waals surface area contributed by atoms with Crippen LogP contribution in [-0.4, -0.2) is 23.5 Å². The first-order valence-electron chi connectivity index (χ1n) is 7.90. The van der Waals surface area contributed by atoms with Gasteiger partial charge in [0.2, 0.25) is 5.91 Å². The molecule has 0 atom stereocenters. The Bertz CT molecular complexity index is 933. The zero-order valence-corrected chi connectivity index (χ0v) is 14.4. The van der Waals surface area contributed by atoms with Gasteiger partial charge in [-0.3, -0.25) is 4.79 Å². The van der Waals surface area contributed by atoms with Crippen LogP contribution in [0.15, 0.2) is 48.7 Å². The SMILES string of the molecule is CCOC(=O)c1ccccc1NC(=O)Cc1c[nH]c2cc(Cl)ccc12. The lowest BCUT2D eigenvalue weighted by atomic mass is 10.1. The number of rotatable bonds is 5. The van der Waals surface area contributed by atoms with Crippen LogP contribution in [-0.2, 0) is 16.0 Å². The lowest BCUT2D eigenvalue weighted by Gasteiger charge is -2.10. The molecule has 6 heteroatoms. The normalized spacial score (nSPS) is 10.6. The number of ether oxygens (including phenoxy) is 1. The molecule has 1 aromatic heterocycles. The summed E-state index contributed by atoms with van der Waals surface area (Å²) in [6.45, 7) is 2.02. The highest BCUT2D eigenvalue weighted by molar-refractivity contribution is 6.31. The third-order valence-corrected chi connectivity index (χ3v) is 4.01. The van der Waals surface area contributed by atoms with Gasteiger partial charge in [0.15, 0.2) is 0 Å². The van der Waals surface area contributed by atoms with Crippen LogP contribution < -0.4 is 5.32 Å². The first-order valence-corrected chi connectivity index (χ1v) is 8.27. The second kappa shape index (κ2) is 7.40. The Balaban J connectivity index is 1.78. The van der Waals surface area contributed by atoms with Crippen LogP contribution in [0.25, 0.3) is 10.9 Å². The molecule has 0 saturated carbocycles. The molecule has 0 spiro atoms. The van der Waals surface area contributed by atoms with E-state index in [1.54, 1.807) is 43.5 Å². The number of halogens is 1. The topological polar surface area (TPSA) is 71.2 Å². The van der Waals surface area contributed by atoms with Crippen molar-refractivity contribution in [3.05, 3.63) is 64.8 Å². The minimum absolute atomic E-state index is 0.179. The number of carbonyl (C=O) groups is 2. The number of fused-ring (bicyclic) bond motifs is 1. The summed E-state index contributed by atoms with van der Waals surface area (Å²) in [5, 5.41) is 4.36. The number of hydrogen-bond acceptors (Lipinski definition) is 3. The first-order chi connectivity index (χ1) is 12.1. The smallest absolute Gasteiger partial charge is 0.340 e. The minimum atomic E-state index is -0.458. The summed E-state index contributed by atoms with van der Waals surface area (Å²) in [5.41, 5.74) is 2.51. The monoisotopic (exact) mass is 356 g/mol. The number of aromatic amines is 1. The van der Waals surface area contributed by atoms with Crippen LogP contribution in [0, 0.1) is 0 Å². The fraction of sp³-hybridized carbons (Fsp3) is 0.158. The molecule has 0 radical (unpaired) electrons. The molecule has 128 valence electrons. The number of hydrogen-bond donors (Lipinski definition) is 2. The van der Waals surface area contributed by atoms with Gasteiger partial charge >= 0.3 is 5.97 Å². The van der Waals surface area contributed by atoms with Gasteiger partial charge in [-0.25, -0.2) is 4.79 Å². The van der Waals surface area contributed by atoms with Gasteiger partial charge in [0, 0.05) is 22.1 Å². The number of aromatic nitrogens is 1. The van der Waals surface area contributed by atoms with Gasteiger partial charge in [-0.05, 0) is 36.8 Å². The van der Waals surface area contributed by atoms with Crippen LogP contribution in [0.1, 0.15) is 22.8 Å². The van der Waals surface area contributed by atoms with E-state index in [1.165, 1.54) is 0 Å². The van der Waals surface area contributed by atoms with E-state index in [9.17, 15) is 9.59 Å². The molecule has 3 aromatic rings. The molecule has 0 aliphatic rings. The molecule has 0 fully saturated rings. The maximum atomic E-state index is 12.4. The van der Waals surface area contributed by atoms with Gasteiger partial charge in [-0.2, -0.15) is 0 Å². The Morgan fingerprint density at radius 1 is 1.20 bits per heavy atom. The summed E-state index contributed by atoms with van der Waals surface area (Å²) in [6.07, 6.45) is 1.97. The minimum Gasteiger partial charge on any atom is -0.462 e.